The summed E-state index contributed by atoms with van der Waals surface area (Å²) in [6.45, 7) is 3.91. The Balaban J connectivity index is 1.43. The molecule has 3 heterocycles. The summed E-state index contributed by atoms with van der Waals surface area (Å²) in [5, 5.41) is 8.40. The van der Waals surface area contributed by atoms with E-state index in [0.717, 1.165) is 36.2 Å². The van der Waals surface area contributed by atoms with Crippen molar-refractivity contribution in [3.63, 3.8) is 0 Å². The number of pyridine rings is 1. The Kier molecular flexibility index (Phi) is 4.93. The average molecular weight is 349 g/mol. The van der Waals surface area contributed by atoms with E-state index in [4.69, 9.17) is 0 Å². The van der Waals surface area contributed by atoms with Crippen LogP contribution in [0.15, 0.2) is 48.9 Å². The molecule has 0 spiro atoms. The maximum atomic E-state index is 12.4. The molecule has 6 heteroatoms. The molecule has 0 radical (unpaired) electrons. The molecule has 26 heavy (non-hydrogen) atoms. The van der Waals surface area contributed by atoms with Gasteiger partial charge < -0.3 is 10.2 Å². The van der Waals surface area contributed by atoms with Crippen molar-refractivity contribution in [2.24, 2.45) is 0 Å². The van der Waals surface area contributed by atoms with Crippen LogP contribution in [0.25, 0.3) is 16.6 Å². The zero-order valence-electron chi connectivity index (χ0n) is 14.8. The van der Waals surface area contributed by atoms with Gasteiger partial charge in [-0.1, -0.05) is 6.42 Å². The normalized spacial score (nSPS) is 15.2. The number of hydrogen-bond donors (Lipinski definition) is 1. The smallest absolute Gasteiger partial charge is 0.251 e. The molecule has 0 bridgehead atoms. The Bertz CT molecular complexity index is 884. The minimum atomic E-state index is -0.0296. The highest BCUT2D eigenvalue weighted by Gasteiger charge is 2.12. The van der Waals surface area contributed by atoms with Gasteiger partial charge in [-0.2, -0.15) is 5.10 Å². The predicted molar refractivity (Wildman–Crippen MR) is 101 cm³/mol. The molecule has 6 nitrogen and oxygen atoms in total. The van der Waals surface area contributed by atoms with E-state index in [1.54, 1.807) is 18.6 Å². The van der Waals surface area contributed by atoms with E-state index in [0.29, 0.717) is 12.1 Å². The van der Waals surface area contributed by atoms with Crippen LogP contribution in [0.5, 0.6) is 0 Å². The second-order valence-electron chi connectivity index (χ2n) is 6.70. The van der Waals surface area contributed by atoms with Gasteiger partial charge in [-0.15, -0.1) is 0 Å². The summed E-state index contributed by atoms with van der Waals surface area (Å²) in [5.41, 5.74) is 2.53. The number of piperidine rings is 1. The fourth-order valence-corrected chi connectivity index (χ4v) is 3.47. The lowest BCUT2D eigenvalue weighted by atomic mass is 10.1. The Morgan fingerprint density at radius 3 is 2.81 bits per heavy atom. The Morgan fingerprint density at radius 1 is 1.12 bits per heavy atom. The van der Waals surface area contributed by atoms with Crippen molar-refractivity contribution in [1.82, 2.24) is 25.0 Å². The van der Waals surface area contributed by atoms with Gasteiger partial charge in [-0.3, -0.25) is 9.78 Å². The SMILES string of the molecule is O=C(NCCN1CCCCC1)c1ccc2c(cnn2-c2cccnc2)c1. The van der Waals surface area contributed by atoms with Crippen molar-refractivity contribution in [3.8, 4) is 5.69 Å². The molecule has 3 aromatic rings. The molecular formula is C20H23N5O. The highest BCUT2D eigenvalue weighted by molar-refractivity contribution is 5.98. The van der Waals surface area contributed by atoms with Crippen molar-refractivity contribution < 1.29 is 4.79 Å². The van der Waals surface area contributed by atoms with Gasteiger partial charge in [-0.05, 0) is 56.3 Å². The molecule has 0 aliphatic carbocycles. The molecule has 1 aliphatic heterocycles. The maximum absolute atomic E-state index is 12.4. The van der Waals surface area contributed by atoms with Gasteiger partial charge in [0.05, 0.1) is 23.6 Å². The summed E-state index contributed by atoms with van der Waals surface area (Å²) in [5.74, 6) is -0.0296. The van der Waals surface area contributed by atoms with Crippen LogP contribution < -0.4 is 5.32 Å². The summed E-state index contributed by atoms with van der Waals surface area (Å²) >= 11 is 0. The van der Waals surface area contributed by atoms with Crippen molar-refractivity contribution in [1.29, 1.82) is 0 Å². The van der Waals surface area contributed by atoms with Crippen LogP contribution in [0.3, 0.4) is 0 Å². The number of benzene rings is 1. The third-order valence-corrected chi connectivity index (χ3v) is 4.88. The highest BCUT2D eigenvalue weighted by Crippen LogP contribution is 2.19. The van der Waals surface area contributed by atoms with Crippen LogP contribution in [0.2, 0.25) is 0 Å². The second kappa shape index (κ2) is 7.66. The van der Waals surface area contributed by atoms with Gasteiger partial charge in [0.25, 0.3) is 5.91 Å². The average Bonchev–Trinajstić information content (AvgIpc) is 3.12. The van der Waals surface area contributed by atoms with Crippen molar-refractivity contribution in [2.45, 2.75) is 19.3 Å². The van der Waals surface area contributed by atoms with Crippen molar-refractivity contribution in [2.75, 3.05) is 26.2 Å². The van der Waals surface area contributed by atoms with Crippen LogP contribution in [-0.2, 0) is 0 Å². The van der Waals surface area contributed by atoms with Gasteiger partial charge in [-0.25, -0.2) is 4.68 Å². The molecule has 1 aromatic carbocycles. The largest absolute Gasteiger partial charge is 0.351 e. The number of aromatic nitrogens is 3. The van der Waals surface area contributed by atoms with Gasteiger partial charge >= 0.3 is 0 Å². The third kappa shape index (κ3) is 3.60. The number of hydrogen-bond acceptors (Lipinski definition) is 4. The number of nitrogens with zero attached hydrogens (tertiary/aromatic N) is 4. The van der Waals surface area contributed by atoms with Gasteiger partial charge in [0.1, 0.15) is 0 Å². The number of fused-ring (bicyclic) bond motifs is 1. The monoisotopic (exact) mass is 349 g/mol. The maximum Gasteiger partial charge on any atom is 0.251 e. The zero-order chi connectivity index (χ0) is 17.8. The molecule has 1 saturated heterocycles. The first-order chi connectivity index (χ1) is 12.8. The van der Waals surface area contributed by atoms with Gasteiger partial charge in [0, 0.05) is 30.2 Å². The van der Waals surface area contributed by atoms with E-state index in [2.05, 4.69) is 20.3 Å². The molecule has 1 amide bonds. The van der Waals surface area contributed by atoms with Crippen LogP contribution >= 0.6 is 0 Å². The molecule has 4 rings (SSSR count). The fourth-order valence-electron chi connectivity index (χ4n) is 3.47. The van der Waals surface area contributed by atoms with Crippen LogP contribution in [0.1, 0.15) is 29.6 Å². The molecule has 134 valence electrons. The minimum absolute atomic E-state index is 0.0296. The van der Waals surface area contributed by atoms with E-state index in [1.165, 1.54) is 19.3 Å². The predicted octanol–water partition coefficient (Wildman–Crippen LogP) is 2.64. The summed E-state index contributed by atoms with van der Waals surface area (Å²) in [6.07, 6.45) is 9.16. The minimum Gasteiger partial charge on any atom is -0.351 e. The lowest BCUT2D eigenvalue weighted by Crippen LogP contribution is -2.37. The number of likely N-dealkylation sites (tertiary alicyclic amines) is 1. The number of rotatable bonds is 5. The quantitative estimate of drug-likeness (QED) is 0.769. The fraction of sp³-hybridized carbons (Fsp3) is 0.350. The zero-order valence-corrected chi connectivity index (χ0v) is 14.8. The summed E-state index contributed by atoms with van der Waals surface area (Å²) in [4.78, 5) is 19.0. The highest BCUT2D eigenvalue weighted by atomic mass is 16.1. The van der Waals surface area contributed by atoms with E-state index in [-0.39, 0.29) is 5.91 Å². The number of carbonyl (C=O) groups excluding carboxylic acids is 1. The van der Waals surface area contributed by atoms with E-state index in [9.17, 15) is 4.79 Å². The molecule has 0 unspecified atom stereocenters. The number of amides is 1. The summed E-state index contributed by atoms with van der Waals surface area (Å²) in [7, 11) is 0. The Morgan fingerprint density at radius 2 is 2.00 bits per heavy atom. The van der Waals surface area contributed by atoms with E-state index >= 15 is 0 Å². The number of carbonyl (C=O) groups is 1. The molecule has 2 aromatic heterocycles. The van der Waals surface area contributed by atoms with E-state index in [1.807, 2.05) is 35.0 Å². The van der Waals surface area contributed by atoms with Gasteiger partial charge in [0.2, 0.25) is 0 Å². The Labute approximate surface area is 152 Å². The second-order valence-corrected chi connectivity index (χ2v) is 6.70. The molecular weight excluding hydrogens is 326 g/mol. The first-order valence-corrected chi connectivity index (χ1v) is 9.20. The summed E-state index contributed by atoms with van der Waals surface area (Å²) in [6, 6.07) is 9.53. The molecule has 0 saturated carbocycles. The Hall–Kier alpha value is -2.73. The topological polar surface area (TPSA) is 63.1 Å². The number of nitrogens with one attached hydrogen (secondary N) is 1. The van der Waals surface area contributed by atoms with Crippen LogP contribution in [0.4, 0.5) is 0 Å². The van der Waals surface area contributed by atoms with Crippen LogP contribution in [0, 0.1) is 0 Å². The molecule has 1 N–H and O–H groups in total. The van der Waals surface area contributed by atoms with Gasteiger partial charge in [0.15, 0.2) is 0 Å². The van der Waals surface area contributed by atoms with Crippen LogP contribution in [-0.4, -0.2) is 51.8 Å². The lowest BCUT2D eigenvalue weighted by Gasteiger charge is -2.26. The first-order valence-electron chi connectivity index (χ1n) is 9.20. The summed E-state index contributed by atoms with van der Waals surface area (Å²) < 4.78 is 1.83. The molecule has 0 atom stereocenters. The first kappa shape index (κ1) is 16.7. The lowest BCUT2D eigenvalue weighted by molar-refractivity contribution is 0.0946. The van der Waals surface area contributed by atoms with E-state index < -0.39 is 0 Å². The molecule has 1 fully saturated rings. The van der Waals surface area contributed by atoms with Crippen molar-refractivity contribution in [3.05, 3.63) is 54.5 Å². The van der Waals surface area contributed by atoms with Crippen molar-refractivity contribution >= 4 is 16.8 Å². The standard InChI is InChI=1S/C20H23N5O/c26-20(22-9-12-24-10-2-1-3-11-24)16-6-7-19-17(13-16)14-23-25(19)18-5-4-8-21-15-18/h4-8,13-15H,1-3,9-12H2,(H,22,26). The third-order valence-electron chi connectivity index (χ3n) is 4.88. The molecule has 1 aliphatic rings.